The third kappa shape index (κ3) is 1.24. The summed E-state index contributed by atoms with van der Waals surface area (Å²) in [5.74, 6) is 0. The first kappa shape index (κ1) is 8.30. The molecule has 0 saturated heterocycles. The number of nitrogen functional groups attached to an aromatic ring is 1. The molecule has 0 amide bonds. The minimum Gasteiger partial charge on any atom is -0.398 e. The van der Waals surface area contributed by atoms with Gasteiger partial charge < -0.3 is 5.73 Å². The van der Waals surface area contributed by atoms with Gasteiger partial charge in [0.25, 0.3) is 0 Å². The zero-order valence-electron chi connectivity index (χ0n) is 8.20. The molecule has 0 unspecified atom stereocenters. The SMILES string of the molecule is Nc1cccc2cc3ccc[c]c3cc12. The van der Waals surface area contributed by atoms with Crippen molar-refractivity contribution in [1.82, 2.24) is 0 Å². The van der Waals surface area contributed by atoms with Crippen molar-refractivity contribution < 1.29 is 0 Å². The zero-order chi connectivity index (χ0) is 10.3. The lowest BCUT2D eigenvalue weighted by Crippen LogP contribution is -1.86. The van der Waals surface area contributed by atoms with E-state index in [1.54, 1.807) is 0 Å². The maximum atomic E-state index is 5.93. The summed E-state index contributed by atoms with van der Waals surface area (Å²) in [6.45, 7) is 0. The Kier molecular flexibility index (Phi) is 1.65. The van der Waals surface area contributed by atoms with Crippen LogP contribution >= 0.6 is 0 Å². The highest BCUT2D eigenvalue weighted by Crippen LogP contribution is 2.26. The monoisotopic (exact) mass is 192 g/mol. The van der Waals surface area contributed by atoms with E-state index in [2.05, 4.69) is 30.3 Å². The fourth-order valence-corrected chi connectivity index (χ4v) is 1.92. The fourth-order valence-electron chi connectivity index (χ4n) is 1.92. The summed E-state index contributed by atoms with van der Waals surface area (Å²) >= 11 is 0. The molecule has 0 aromatic heterocycles. The standard InChI is InChI=1S/C14H10N/c15-14-7-3-6-12-8-10-4-1-2-5-11(10)9-13(12)14/h1-4,6-9H,15H2. The first-order valence-electron chi connectivity index (χ1n) is 4.93. The van der Waals surface area contributed by atoms with Gasteiger partial charge in [-0.25, -0.2) is 0 Å². The topological polar surface area (TPSA) is 26.0 Å². The van der Waals surface area contributed by atoms with E-state index in [0.29, 0.717) is 0 Å². The van der Waals surface area contributed by atoms with Crippen molar-refractivity contribution in [3.8, 4) is 0 Å². The molecule has 3 aromatic carbocycles. The van der Waals surface area contributed by atoms with Gasteiger partial charge in [0.15, 0.2) is 0 Å². The third-order valence-electron chi connectivity index (χ3n) is 2.70. The Morgan fingerprint density at radius 1 is 0.933 bits per heavy atom. The Balaban J connectivity index is 2.53. The number of fused-ring (bicyclic) bond motifs is 2. The Hall–Kier alpha value is -2.02. The molecular formula is C14H10N. The molecule has 1 nitrogen and oxygen atoms in total. The second-order valence-corrected chi connectivity index (χ2v) is 3.68. The predicted octanol–water partition coefficient (Wildman–Crippen LogP) is 3.38. The molecule has 1 radical (unpaired) electrons. The van der Waals surface area contributed by atoms with E-state index in [-0.39, 0.29) is 0 Å². The van der Waals surface area contributed by atoms with Crippen LogP contribution in [0, 0.1) is 6.07 Å². The van der Waals surface area contributed by atoms with Gasteiger partial charge in [0.05, 0.1) is 0 Å². The van der Waals surface area contributed by atoms with Gasteiger partial charge in [-0.3, -0.25) is 0 Å². The van der Waals surface area contributed by atoms with E-state index in [0.717, 1.165) is 16.5 Å². The van der Waals surface area contributed by atoms with Gasteiger partial charge in [0.2, 0.25) is 0 Å². The highest BCUT2D eigenvalue weighted by molar-refractivity contribution is 6.02. The van der Waals surface area contributed by atoms with Crippen molar-refractivity contribution in [3.63, 3.8) is 0 Å². The van der Waals surface area contributed by atoms with Crippen LogP contribution in [0.25, 0.3) is 21.5 Å². The van der Waals surface area contributed by atoms with Crippen LogP contribution in [0.5, 0.6) is 0 Å². The summed E-state index contributed by atoms with van der Waals surface area (Å²) < 4.78 is 0. The summed E-state index contributed by atoms with van der Waals surface area (Å²) in [6, 6.07) is 19.5. The van der Waals surface area contributed by atoms with Crippen LogP contribution in [-0.4, -0.2) is 0 Å². The van der Waals surface area contributed by atoms with Crippen molar-refractivity contribution in [2.45, 2.75) is 0 Å². The molecular weight excluding hydrogens is 182 g/mol. The number of anilines is 1. The van der Waals surface area contributed by atoms with Gasteiger partial charge in [-0.1, -0.05) is 30.3 Å². The van der Waals surface area contributed by atoms with Crippen LogP contribution in [0.2, 0.25) is 0 Å². The molecule has 1 heteroatoms. The smallest absolute Gasteiger partial charge is 0.0393 e. The summed E-state index contributed by atoms with van der Waals surface area (Å²) in [4.78, 5) is 0. The molecule has 2 N–H and O–H groups in total. The number of rotatable bonds is 0. The van der Waals surface area contributed by atoms with E-state index in [1.165, 1.54) is 10.8 Å². The molecule has 0 bridgehead atoms. The molecule has 0 saturated carbocycles. The Labute approximate surface area is 88.1 Å². The first-order valence-corrected chi connectivity index (χ1v) is 4.93. The summed E-state index contributed by atoms with van der Waals surface area (Å²) in [7, 11) is 0. The summed E-state index contributed by atoms with van der Waals surface area (Å²) in [5.41, 5.74) is 6.76. The van der Waals surface area contributed by atoms with Crippen LogP contribution in [0.4, 0.5) is 5.69 Å². The van der Waals surface area contributed by atoms with Gasteiger partial charge in [-0.15, -0.1) is 0 Å². The lowest BCUT2D eigenvalue weighted by Gasteiger charge is -2.04. The minimum atomic E-state index is 0.826. The highest BCUT2D eigenvalue weighted by atomic mass is 14.5. The molecule has 0 aliphatic rings. The molecule has 0 spiro atoms. The average Bonchev–Trinajstić information content (AvgIpc) is 2.27. The van der Waals surface area contributed by atoms with Crippen LogP contribution in [0.15, 0.2) is 48.5 Å². The van der Waals surface area contributed by atoms with Gasteiger partial charge in [-0.2, -0.15) is 0 Å². The van der Waals surface area contributed by atoms with Crippen molar-refractivity contribution in [2.75, 3.05) is 5.73 Å². The van der Waals surface area contributed by atoms with E-state index < -0.39 is 0 Å². The second kappa shape index (κ2) is 2.99. The van der Waals surface area contributed by atoms with Gasteiger partial charge >= 0.3 is 0 Å². The highest BCUT2D eigenvalue weighted by Gasteiger charge is 1.99. The lowest BCUT2D eigenvalue weighted by molar-refractivity contribution is 1.74. The molecule has 0 heterocycles. The first-order chi connectivity index (χ1) is 7.34. The van der Waals surface area contributed by atoms with E-state index in [9.17, 15) is 0 Å². The lowest BCUT2D eigenvalue weighted by atomic mass is 10.0. The van der Waals surface area contributed by atoms with E-state index in [1.807, 2.05) is 24.3 Å². The molecule has 3 aromatic rings. The number of hydrogen-bond acceptors (Lipinski definition) is 1. The van der Waals surface area contributed by atoms with E-state index in [4.69, 9.17) is 5.73 Å². The quantitative estimate of drug-likeness (QED) is 0.429. The maximum absolute atomic E-state index is 5.93. The van der Waals surface area contributed by atoms with Gasteiger partial charge in [0.1, 0.15) is 0 Å². The average molecular weight is 192 g/mol. The second-order valence-electron chi connectivity index (χ2n) is 3.68. The number of benzene rings is 3. The minimum absolute atomic E-state index is 0.826. The molecule has 0 aliphatic carbocycles. The number of hydrogen-bond donors (Lipinski definition) is 1. The van der Waals surface area contributed by atoms with Crippen LogP contribution in [-0.2, 0) is 0 Å². The van der Waals surface area contributed by atoms with Crippen molar-refractivity contribution in [1.29, 1.82) is 0 Å². The summed E-state index contributed by atoms with van der Waals surface area (Å²) in [6.07, 6.45) is 0. The van der Waals surface area contributed by atoms with Crippen molar-refractivity contribution >= 4 is 27.2 Å². The van der Waals surface area contributed by atoms with E-state index >= 15 is 0 Å². The molecule has 0 aliphatic heterocycles. The van der Waals surface area contributed by atoms with Gasteiger partial charge in [-0.05, 0) is 40.4 Å². The van der Waals surface area contributed by atoms with Crippen LogP contribution < -0.4 is 5.73 Å². The zero-order valence-corrected chi connectivity index (χ0v) is 8.20. The molecule has 0 fully saturated rings. The van der Waals surface area contributed by atoms with Crippen LogP contribution in [0.1, 0.15) is 0 Å². The third-order valence-corrected chi connectivity index (χ3v) is 2.70. The van der Waals surface area contributed by atoms with Crippen LogP contribution in [0.3, 0.4) is 0 Å². The predicted molar refractivity (Wildman–Crippen MR) is 64.7 cm³/mol. The Morgan fingerprint density at radius 3 is 2.73 bits per heavy atom. The summed E-state index contributed by atoms with van der Waals surface area (Å²) in [5, 5.41) is 4.60. The normalized spacial score (nSPS) is 10.9. The molecule has 71 valence electrons. The molecule has 3 rings (SSSR count). The number of nitrogens with two attached hydrogens (primary N) is 1. The maximum Gasteiger partial charge on any atom is 0.0393 e. The van der Waals surface area contributed by atoms with Gasteiger partial charge in [0, 0.05) is 11.1 Å². The Morgan fingerprint density at radius 2 is 1.80 bits per heavy atom. The van der Waals surface area contributed by atoms with Crippen molar-refractivity contribution in [3.05, 3.63) is 54.6 Å². The van der Waals surface area contributed by atoms with Crippen molar-refractivity contribution in [2.24, 2.45) is 0 Å². The fraction of sp³-hybridized carbons (Fsp3) is 0. The molecule has 15 heavy (non-hydrogen) atoms. The molecule has 0 atom stereocenters. The largest absolute Gasteiger partial charge is 0.398 e. The Bertz CT molecular complexity index is 641.